The van der Waals surface area contributed by atoms with Crippen molar-refractivity contribution in [3.8, 4) is 11.8 Å². The van der Waals surface area contributed by atoms with E-state index >= 15 is 0 Å². The van der Waals surface area contributed by atoms with Gasteiger partial charge in [0.15, 0.2) is 0 Å². The van der Waals surface area contributed by atoms with Crippen molar-refractivity contribution >= 4 is 0 Å². The van der Waals surface area contributed by atoms with Crippen molar-refractivity contribution in [2.45, 2.75) is 19.4 Å². The van der Waals surface area contributed by atoms with E-state index in [9.17, 15) is 0 Å². The van der Waals surface area contributed by atoms with Crippen LogP contribution in [0.15, 0.2) is 23.3 Å². The Bertz CT molecular complexity index is 504. The molecule has 86 valence electrons. The lowest BCUT2D eigenvalue weighted by Crippen LogP contribution is -2.23. The average Bonchev–Trinajstić information content (AvgIpc) is 2.38. The summed E-state index contributed by atoms with van der Waals surface area (Å²) in [6.45, 7) is 2.43. The van der Waals surface area contributed by atoms with E-state index < -0.39 is 0 Å². The van der Waals surface area contributed by atoms with Crippen LogP contribution in [0.2, 0.25) is 0 Å². The lowest BCUT2D eigenvalue weighted by atomic mass is 9.99. The molecule has 0 atom stereocenters. The second-order valence-electron chi connectivity index (χ2n) is 3.92. The third-order valence-electron chi connectivity index (χ3n) is 2.73. The van der Waals surface area contributed by atoms with Gasteiger partial charge in [-0.25, -0.2) is 0 Å². The minimum atomic E-state index is 0.440. The van der Waals surface area contributed by atoms with Gasteiger partial charge < -0.3 is 5.32 Å². The summed E-state index contributed by atoms with van der Waals surface area (Å²) in [5.41, 5.74) is 11.9. The van der Waals surface area contributed by atoms with Crippen molar-refractivity contribution in [2.24, 2.45) is 5.11 Å². The Labute approximate surface area is 101 Å². The van der Waals surface area contributed by atoms with Crippen molar-refractivity contribution in [1.29, 1.82) is 0 Å². The first kappa shape index (κ1) is 11.5. The van der Waals surface area contributed by atoms with Crippen LogP contribution in [0.25, 0.3) is 10.4 Å². The van der Waals surface area contributed by atoms with Crippen molar-refractivity contribution in [2.75, 3.05) is 13.1 Å². The van der Waals surface area contributed by atoms with E-state index in [4.69, 9.17) is 5.53 Å². The Kier molecular flexibility index (Phi) is 4.04. The number of hydrogen-bond donors (Lipinski definition) is 1. The number of hydrogen-bond acceptors (Lipinski definition) is 2. The Balaban J connectivity index is 2.04. The summed E-state index contributed by atoms with van der Waals surface area (Å²) in [6.07, 6.45) is 1.71. The molecule has 0 saturated carbocycles. The molecule has 0 bridgehead atoms. The summed E-state index contributed by atoms with van der Waals surface area (Å²) in [7, 11) is 0. The lowest BCUT2D eigenvalue weighted by molar-refractivity contribution is 0.643. The largest absolute Gasteiger partial charge is 0.312 e. The van der Waals surface area contributed by atoms with Gasteiger partial charge >= 0.3 is 0 Å². The fourth-order valence-electron chi connectivity index (χ4n) is 1.87. The first-order valence-electron chi connectivity index (χ1n) is 5.72. The molecule has 4 heteroatoms. The van der Waals surface area contributed by atoms with Gasteiger partial charge in [0.1, 0.15) is 0 Å². The quantitative estimate of drug-likeness (QED) is 0.272. The van der Waals surface area contributed by atoms with Crippen molar-refractivity contribution in [1.82, 2.24) is 5.32 Å². The maximum absolute atomic E-state index is 8.12. The van der Waals surface area contributed by atoms with E-state index in [1.807, 2.05) is 0 Å². The van der Waals surface area contributed by atoms with E-state index in [1.54, 1.807) is 0 Å². The Morgan fingerprint density at radius 3 is 3.24 bits per heavy atom. The van der Waals surface area contributed by atoms with Crippen LogP contribution in [0.4, 0.5) is 0 Å². The van der Waals surface area contributed by atoms with Crippen LogP contribution in [0.5, 0.6) is 0 Å². The zero-order chi connectivity index (χ0) is 11.9. The number of rotatable bonds is 2. The second-order valence-corrected chi connectivity index (χ2v) is 3.92. The highest BCUT2D eigenvalue weighted by Crippen LogP contribution is 2.15. The molecule has 17 heavy (non-hydrogen) atoms. The SMILES string of the molecule is [N-]=[N+]=NCCC#Cc1ccc2c(c1)CNCC2. The summed E-state index contributed by atoms with van der Waals surface area (Å²) < 4.78 is 0. The fourth-order valence-corrected chi connectivity index (χ4v) is 1.87. The van der Waals surface area contributed by atoms with Gasteiger partial charge in [-0.3, -0.25) is 0 Å². The highest BCUT2D eigenvalue weighted by molar-refractivity contribution is 5.41. The maximum atomic E-state index is 8.12. The molecule has 2 rings (SSSR count). The summed E-state index contributed by atoms with van der Waals surface area (Å²) in [5, 5.41) is 6.79. The second kappa shape index (κ2) is 5.95. The molecule has 1 aliphatic rings. The molecule has 0 fully saturated rings. The topological polar surface area (TPSA) is 60.8 Å². The van der Waals surface area contributed by atoms with Crippen LogP contribution in [-0.4, -0.2) is 13.1 Å². The third-order valence-corrected chi connectivity index (χ3v) is 2.73. The molecule has 1 aromatic rings. The van der Waals surface area contributed by atoms with Gasteiger partial charge in [-0.15, -0.1) is 0 Å². The lowest BCUT2D eigenvalue weighted by Gasteiger charge is -2.16. The third kappa shape index (κ3) is 3.25. The maximum Gasteiger partial charge on any atom is 0.0367 e. The first-order chi connectivity index (χ1) is 8.40. The van der Waals surface area contributed by atoms with E-state index in [0.717, 1.165) is 25.1 Å². The standard InChI is InChI=1S/C13H14N4/c14-17-16-7-2-1-3-11-4-5-12-6-8-15-10-13(12)9-11/h4-5,9,15H,2,6-8,10H2. The van der Waals surface area contributed by atoms with Crippen molar-refractivity contribution in [3.05, 3.63) is 45.3 Å². The van der Waals surface area contributed by atoms with E-state index in [0.29, 0.717) is 13.0 Å². The Hall–Kier alpha value is -1.95. The summed E-state index contributed by atoms with van der Waals surface area (Å²) >= 11 is 0. The number of nitrogens with zero attached hydrogens (tertiary/aromatic N) is 3. The number of azide groups is 1. The molecule has 0 aromatic heterocycles. The van der Waals surface area contributed by atoms with Gasteiger partial charge in [-0.05, 0) is 41.8 Å². The van der Waals surface area contributed by atoms with Crippen LogP contribution >= 0.6 is 0 Å². The predicted octanol–water partition coefficient (Wildman–Crippen LogP) is 2.38. The Morgan fingerprint density at radius 2 is 2.35 bits per heavy atom. The number of benzene rings is 1. The summed E-state index contributed by atoms with van der Waals surface area (Å²) in [5.74, 6) is 6.10. The normalized spacial score (nSPS) is 12.9. The van der Waals surface area contributed by atoms with Crippen molar-refractivity contribution in [3.63, 3.8) is 0 Å². The van der Waals surface area contributed by atoms with Crippen molar-refractivity contribution < 1.29 is 0 Å². The van der Waals surface area contributed by atoms with E-state index in [1.165, 1.54) is 11.1 Å². The highest BCUT2D eigenvalue weighted by Gasteiger charge is 2.07. The van der Waals surface area contributed by atoms with E-state index in [2.05, 4.69) is 45.4 Å². The minimum absolute atomic E-state index is 0.440. The molecule has 0 aliphatic carbocycles. The fraction of sp³-hybridized carbons (Fsp3) is 0.385. The average molecular weight is 226 g/mol. The van der Waals surface area contributed by atoms with Crippen LogP contribution in [0.3, 0.4) is 0 Å². The van der Waals surface area contributed by atoms with Crippen LogP contribution < -0.4 is 5.32 Å². The molecular formula is C13H14N4. The number of fused-ring (bicyclic) bond motifs is 1. The predicted molar refractivity (Wildman–Crippen MR) is 67.4 cm³/mol. The smallest absolute Gasteiger partial charge is 0.0367 e. The van der Waals surface area contributed by atoms with E-state index in [-0.39, 0.29) is 0 Å². The number of nitrogens with one attached hydrogen (secondary N) is 1. The summed E-state index contributed by atoms with van der Waals surface area (Å²) in [6, 6.07) is 6.36. The van der Waals surface area contributed by atoms with Crippen LogP contribution in [0.1, 0.15) is 23.1 Å². The molecule has 0 unspecified atom stereocenters. The minimum Gasteiger partial charge on any atom is -0.312 e. The van der Waals surface area contributed by atoms with Gasteiger partial charge in [0, 0.05) is 30.0 Å². The molecule has 0 radical (unpaired) electrons. The molecule has 0 amide bonds. The molecule has 0 saturated heterocycles. The zero-order valence-corrected chi connectivity index (χ0v) is 9.61. The molecule has 4 nitrogen and oxygen atoms in total. The molecular weight excluding hydrogens is 212 g/mol. The monoisotopic (exact) mass is 226 g/mol. The molecule has 0 spiro atoms. The first-order valence-corrected chi connectivity index (χ1v) is 5.72. The zero-order valence-electron chi connectivity index (χ0n) is 9.61. The van der Waals surface area contributed by atoms with Crippen LogP contribution in [-0.2, 0) is 13.0 Å². The van der Waals surface area contributed by atoms with Crippen LogP contribution in [0, 0.1) is 11.8 Å². The van der Waals surface area contributed by atoms with Gasteiger partial charge in [-0.1, -0.05) is 23.0 Å². The van der Waals surface area contributed by atoms with Gasteiger partial charge in [0.05, 0.1) is 0 Å². The van der Waals surface area contributed by atoms with Gasteiger partial charge in [-0.2, -0.15) is 0 Å². The molecule has 1 N–H and O–H groups in total. The Morgan fingerprint density at radius 1 is 1.41 bits per heavy atom. The van der Waals surface area contributed by atoms with Gasteiger partial charge in [0.2, 0.25) is 0 Å². The molecule has 1 aromatic carbocycles. The molecule has 1 aliphatic heterocycles. The van der Waals surface area contributed by atoms with Gasteiger partial charge in [0.25, 0.3) is 0 Å². The molecule has 1 heterocycles. The highest BCUT2D eigenvalue weighted by atomic mass is 15.1. The summed E-state index contributed by atoms with van der Waals surface area (Å²) in [4.78, 5) is 2.69.